The van der Waals surface area contributed by atoms with Gasteiger partial charge in [0.05, 0.1) is 6.10 Å². The van der Waals surface area contributed by atoms with Gasteiger partial charge in [-0.25, -0.2) is 4.79 Å². The topological polar surface area (TPSA) is 61.8 Å². The SMILES string of the molecule is CN(C(=O)OC(C)(C)C)C1CCC(NC2CCC(O)CC2)CC1. The number of aliphatic hydroxyl groups excluding tert-OH is 1. The number of nitrogens with one attached hydrogen (secondary N) is 1. The van der Waals surface area contributed by atoms with Crippen molar-refractivity contribution in [1.82, 2.24) is 10.2 Å². The molecule has 0 spiro atoms. The molecule has 0 unspecified atom stereocenters. The van der Waals surface area contributed by atoms with Crippen molar-refractivity contribution in [3.05, 3.63) is 0 Å². The number of hydrogen-bond donors (Lipinski definition) is 2. The summed E-state index contributed by atoms with van der Waals surface area (Å²) in [6.45, 7) is 5.71. The largest absolute Gasteiger partial charge is 0.444 e. The fourth-order valence-corrected chi connectivity index (χ4v) is 3.69. The number of nitrogens with zero attached hydrogens (tertiary/aromatic N) is 1. The molecule has 0 radical (unpaired) electrons. The molecule has 0 heterocycles. The summed E-state index contributed by atoms with van der Waals surface area (Å²) in [7, 11) is 1.86. The number of aliphatic hydroxyl groups is 1. The van der Waals surface area contributed by atoms with Crippen molar-refractivity contribution in [3.63, 3.8) is 0 Å². The molecule has 0 atom stereocenters. The first kappa shape index (κ1) is 18.5. The van der Waals surface area contributed by atoms with E-state index in [0.29, 0.717) is 12.1 Å². The number of amides is 1. The molecule has 0 aromatic heterocycles. The smallest absolute Gasteiger partial charge is 0.410 e. The van der Waals surface area contributed by atoms with Crippen LogP contribution in [0.25, 0.3) is 0 Å². The summed E-state index contributed by atoms with van der Waals surface area (Å²) in [5, 5.41) is 13.3. The van der Waals surface area contributed by atoms with Crippen LogP contribution in [0.15, 0.2) is 0 Å². The Kier molecular flexibility index (Phi) is 6.32. The van der Waals surface area contributed by atoms with Gasteiger partial charge in [-0.15, -0.1) is 0 Å². The summed E-state index contributed by atoms with van der Waals surface area (Å²) < 4.78 is 5.46. The summed E-state index contributed by atoms with van der Waals surface area (Å²) in [5.41, 5.74) is -0.435. The molecule has 1 amide bonds. The van der Waals surface area contributed by atoms with Crippen molar-refractivity contribution in [2.45, 2.75) is 102 Å². The number of hydrogen-bond acceptors (Lipinski definition) is 4. The third kappa shape index (κ3) is 5.96. The van der Waals surface area contributed by atoms with Crippen LogP contribution in [0, 0.1) is 0 Å². The van der Waals surface area contributed by atoms with Gasteiger partial charge >= 0.3 is 6.09 Å². The minimum absolute atomic E-state index is 0.0914. The monoisotopic (exact) mass is 326 g/mol. The molecule has 2 N–H and O–H groups in total. The zero-order chi connectivity index (χ0) is 17.0. The maximum atomic E-state index is 12.2. The van der Waals surface area contributed by atoms with E-state index in [1.807, 2.05) is 27.8 Å². The van der Waals surface area contributed by atoms with Gasteiger partial charge in [0.25, 0.3) is 0 Å². The summed E-state index contributed by atoms with van der Waals surface area (Å²) >= 11 is 0. The Morgan fingerprint density at radius 1 is 1.00 bits per heavy atom. The quantitative estimate of drug-likeness (QED) is 0.837. The molecule has 2 saturated carbocycles. The highest BCUT2D eigenvalue weighted by Crippen LogP contribution is 2.26. The second kappa shape index (κ2) is 7.84. The van der Waals surface area contributed by atoms with Gasteiger partial charge in [0, 0.05) is 25.2 Å². The molecular weight excluding hydrogens is 292 g/mol. The lowest BCUT2D eigenvalue weighted by Gasteiger charge is -2.38. The Morgan fingerprint density at radius 2 is 1.48 bits per heavy atom. The molecule has 5 heteroatoms. The molecule has 2 aliphatic rings. The zero-order valence-corrected chi connectivity index (χ0v) is 15.2. The summed E-state index contributed by atoms with van der Waals surface area (Å²) in [4.78, 5) is 13.9. The first-order chi connectivity index (χ1) is 10.7. The first-order valence-electron chi connectivity index (χ1n) is 9.14. The van der Waals surface area contributed by atoms with Crippen LogP contribution < -0.4 is 5.32 Å². The Hall–Kier alpha value is -0.810. The first-order valence-corrected chi connectivity index (χ1v) is 9.14. The van der Waals surface area contributed by atoms with Crippen molar-refractivity contribution in [2.24, 2.45) is 0 Å². The highest BCUT2D eigenvalue weighted by atomic mass is 16.6. The van der Waals surface area contributed by atoms with Crippen molar-refractivity contribution in [3.8, 4) is 0 Å². The molecular formula is C18H34N2O3. The molecule has 0 bridgehead atoms. The lowest BCUT2D eigenvalue weighted by Crippen LogP contribution is -2.47. The number of carbonyl (C=O) groups is 1. The van der Waals surface area contributed by atoms with Crippen molar-refractivity contribution in [2.75, 3.05) is 7.05 Å². The van der Waals surface area contributed by atoms with Gasteiger partial charge in [0.15, 0.2) is 0 Å². The molecule has 5 nitrogen and oxygen atoms in total. The summed E-state index contributed by atoms with van der Waals surface area (Å²) in [5.74, 6) is 0. The molecule has 0 aromatic carbocycles. The zero-order valence-electron chi connectivity index (χ0n) is 15.2. The van der Waals surface area contributed by atoms with Crippen molar-refractivity contribution < 1.29 is 14.6 Å². The van der Waals surface area contributed by atoms with E-state index in [9.17, 15) is 9.90 Å². The van der Waals surface area contributed by atoms with E-state index in [2.05, 4.69) is 5.32 Å². The Labute approximate surface area is 140 Å². The van der Waals surface area contributed by atoms with Crippen LogP contribution in [0.1, 0.15) is 72.1 Å². The summed E-state index contributed by atoms with van der Waals surface area (Å²) in [6, 6.07) is 1.40. The second-order valence-electron chi connectivity index (χ2n) is 8.27. The van der Waals surface area contributed by atoms with Gasteiger partial charge in [0.1, 0.15) is 5.60 Å². The molecule has 0 aliphatic heterocycles. The standard InChI is InChI=1S/C18H34N2O3/c1-18(2,3)23-17(22)20(4)15-9-5-13(6-10-15)19-14-7-11-16(21)12-8-14/h13-16,19,21H,5-12H2,1-4H3. The molecule has 2 fully saturated rings. The van der Waals surface area contributed by atoms with Crippen LogP contribution in [0.4, 0.5) is 4.79 Å². The maximum absolute atomic E-state index is 12.2. The second-order valence-corrected chi connectivity index (χ2v) is 8.27. The van der Waals surface area contributed by atoms with E-state index >= 15 is 0 Å². The van der Waals surface area contributed by atoms with Crippen molar-refractivity contribution in [1.29, 1.82) is 0 Å². The molecule has 23 heavy (non-hydrogen) atoms. The van der Waals surface area contributed by atoms with Crippen molar-refractivity contribution >= 4 is 6.09 Å². The molecule has 2 rings (SSSR count). The predicted octanol–water partition coefficient (Wildman–Crippen LogP) is 3.06. The lowest BCUT2D eigenvalue weighted by atomic mass is 9.87. The van der Waals surface area contributed by atoms with Crippen LogP contribution in [0.5, 0.6) is 0 Å². The van der Waals surface area contributed by atoms with E-state index in [4.69, 9.17) is 4.74 Å². The number of carbonyl (C=O) groups excluding carboxylic acids is 1. The minimum Gasteiger partial charge on any atom is -0.444 e. The minimum atomic E-state index is -0.435. The number of ether oxygens (including phenoxy) is 1. The molecule has 134 valence electrons. The normalized spacial score (nSPS) is 32.4. The van der Waals surface area contributed by atoms with Crippen LogP contribution in [-0.2, 0) is 4.74 Å². The highest BCUT2D eigenvalue weighted by molar-refractivity contribution is 5.68. The maximum Gasteiger partial charge on any atom is 0.410 e. The summed E-state index contributed by atoms with van der Waals surface area (Å²) in [6.07, 6.45) is 7.99. The van der Waals surface area contributed by atoms with Gasteiger partial charge < -0.3 is 20.1 Å². The van der Waals surface area contributed by atoms with E-state index in [0.717, 1.165) is 51.4 Å². The Balaban J connectivity index is 1.72. The fraction of sp³-hybridized carbons (Fsp3) is 0.944. The van der Waals surface area contributed by atoms with E-state index < -0.39 is 5.60 Å². The van der Waals surface area contributed by atoms with E-state index in [1.165, 1.54) is 0 Å². The van der Waals surface area contributed by atoms with Gasteiger partial charge in [0.2, 0.25) is 0 Å². The van der Waals surface area contributed by atoms with Crippen LogP contribution in [0.3, 0.4) is 0 Å². The Bertz CT molecular complexity index is 378. The molecule has 0 saturated heterocycles. The Morgan fingerprint density at radius 3 is 1.96 bits per heavy atom. The van der Waals surface area contributed by atoms with Gasteiger partial charge in [-0.3, -0.25) is 0 Å². The number of rotatable bonds is 3. The average Bonchev–Trinajstić information content (AvgIpc) is 2.48. The van der Waals surface area contributed by atoms with E-state index in [1.54, 1.807) is 4.90 Å². The van der Waals surface area contributed by atoms with Crippen LogP contribution >= 0.6 is 0 Å². The fourth-order valence-electron chi connectivity index (χ4n) is 3.69. The van der Waals surface area contributed by atoms with E-state index in [-0.39, 0.29) is 18.2 Å². The van der Waals surface area contributed by atoms with Gasteiger partial charge in [-0.1, -0.05) is 0 Å². The molecule has 0 aromatic rings. The average molecular weight is 326 g/mol. The third-order valence-corrected chi connectivity index (χ3v) is 5.09. The van der Waals surface area contributed by atoms with Gasteiger partial charge in [-0.05, 0) is 72.1 Å². The van der Waals surface area contributed by atoms with Crippen LogP contribution in [-0.4, -0.2) is 53.0 Å². The third-order valence-electron chi connectivity index (χ3n) is 5.09. The predicted molar refractivity (Wildman–Crippen MR) is 91.4 cm³/mol. The molecule has 2 aliphatic carbocycles. The van der Waals surface area contributed by atoms with Gasteiger partial charge in [-0.2, -0.15) is 0 Å². The highest BCUT2D eigenvalue weighted by Gasteiger charge is 2.30. The lowest BCUT2D eigenvalue weighted by molar-refractivity contribution is 0.0176. The van der Waals surface area contributed by atoms with Crippen LogP contribution in [0.2, 0.25) is 0 Å².